The van der Waals surface area contributed by atoms with Gasteiger partial charge in [0, 0.05) is 0 Å². The molecule has 3 nitrogen and oxygen atoms in total. The average Bonchev–Trinajstić information content (AvgIpc) is 1.98. The van der Waals surface area contributed by atoms with Crippen LogP contribution in [0, 0.1) is 5.92 Å². The second-order valence-corrected chi connectivity index (χ2v) is 3.02. The van der Waals surface area contributed by atoms with E-state index in [1.807, 2.05) is 6.08 Å². The minimum Gasteiger partial charge on any atom is -0.390 e. The van der Waals surface area contributed by atoms with Gasteiger partial charge in [0.25, 0.3) is 0 Å². The summed E-state index contributed by atoms with van der Waals surface area (Å²) in [5, 5.41) is 18.3. The molecule has 4 N–H and O–H groups in total. The Labute approximate surface area is 66.5 Å². The maximum Gasteiger partial charge on any atom is 0.0980 e. The first-order chi connectivity index (χ1) is 5.24. The van der Waals surface area contributed by atoms with Crippen molar-refractivity contribution in [2.75, 3.05) is 6.54 Å². The van der Waals surface area contributed by atoms with E-state index in [4.69, 9.17) is 10.8 Å². The molecule has 1 rings (SSSR count). The molecule has 0 aromatic rings. The zero-order chi connectivity index (χ0) is 8.27. The van der Waals surface area contributed by atoms with E-state index in [9.17, 15) is 5.11 Å². The Morgan fingerprint density at radius 3 is 2.64 bits per heavy atom. The van der Waals surface area contributed by atoms with Gasteiger partial charge >= 0.3 is 0 Å². The predicted molar refractivity (Wildman–Crippen MR) is 42.9 cm³/mol. The van der Waals surface area contributed by atoms with E-state index in [0.29, 0.717) is 18.9 Å². The van der Waals surface area contributed by atoms with Gasteiger partial charge in [-0.2, -0.15) is 0 Å². The molecule has 0 fully saturated rings. The molecule has 11 heavy (non-hydrogen) atoms. The highest BCUT2D eigenvalue weighted by molar-refractivity contribution is 5.02. The van der Waals surface area contributed by atoms with Crippen LogP contribution in [0.2, 0.25) is 0 Å². The van der Waals surface area contributed by atoms with Gasteiger partial charge < -0.3 is 15.9 Å². The maximum absolute atomic E-state index is 9.23. The largest absolute Gasteiger partial charge is 0.390 e. The van der Waals surface area contributed by atoms with E-state index in [2.05, 4.69) is 0 Å². The monoisotopic (exact) mass is 157 g/mol. The highest BCUT2D eigenvalue weighted by atomic mass is 16.3. The lowest BCUT2D eigenvalue weighted by Crippen LogP contribution is -2.30. The number of rotatable bonds is 2. The van der Waals surface area contributed by atoms with E-state index in [-0.39, 0.29) is 0 Å². The van der Waals surface area contributed by atoms with Crippen molar-refractivity contribution < 1.29 is 10.2 Å². The molecule has 64 valence electrons. The van der Waals surface area contributed by atoms with Crippen LogP contribution >= 0.6 is 0 Å². The minimum absolute atomic E-state index is 0.346. The normalized spacial score (nSPS) is 37.5. The second kappa shape index (κ2) is 3.85. The van der Waals surface area contributed by atoms with E-state index >= 15 is 0 Å². The van der Waals surface area contributed by atoms with Gasteiger partial charge in [0.15, 0.2) is 0 Å². The lowest BCUT2D eigenvalue weighted by Gasteiger charge is -2.24. The summed E-state index contributed by atoms with van der Waals surface area (Å²) in [4.78, 5) is 0. The first-order valence-electron chi connectivity index (χ1n) is 3.98. The summed E-state index contributed by atoms with van der Waals surface area (Å²) in [6.45, 7) is 0.637. The predicted octanol–water partition coefficient (Wildman–Crippen LogP) is -0.367. The standard InChI is InChI=1S/C8H15NO2/c9-4-3-6-1-2-7(10)8(11)5-6/h1-2,6-8,10-11H,3-5,9H2. The molecule has 1 aliphatic rings. The van der Waals surface area contributed by atoms with Crippen molar-refractivity contribution in [3.8, 4) is 0 Å². The molecule has 0 saturated carbocycles. The summed E-state index contributed by atoms with van der Waals surface area (Å²) in [6.07, 6.45) is 3.83. The summed E-state index contributed by atoms with van der Waals surface area (Å²) in [7, 11) is 0. The van der Waals surface area contributed by atoms with Gasteiger partial charge in [-0.15, -0.1) is 0 Å². The molecule has 3 atom stereocenters. The molecule has 1 aliphatic carbocycles. The number of hydrogen-bond donors (Lipinski definition) is 3. The first kappa shape index (κ1) is 8.71. The van der Waals surface area contributed by atoms with Crippen molar-refractivity contribution >= 4 is 0 Å². The first-order valence-corrected chi connectivity index (χ1v) is 3.98. The molecule has 3 heteroatoms. The molecular weight excluding hydrogens is 142 g/mol. The van der Waals surface area contributed by atoms with Crippen LogP contribution < -0.4 is 5.73 Å². The van der Waals surface area contributed by atoms with Crippen molar-refractivity contribution in [1.82, 2.24) is 0 Å². The Hall–Kier alpha value is -0.380. The van der Waals surface area contributed by atoms with Crippen LogP contribution in [0.3, 0.4) is 0 Å². The topological polar surface area (TPSA) is 66.5 Å². The highest BCUT2D eigenvalue weighted by Gasteiger charge is 2.21. The molecule has 0 radical (unpaired) electrons. The molecule has 0 aromatic heterocycles. The Morgan fingerprint density at radius 2 is 2.09 bits per heavy atom. The lowest BCUT2D eigenvalue weighted by atomic mass is 9.90. The van der Waals surface area contributed by atoms with Crippen molar-refractivity contribution in [3.63, 3.8) is 0 Å². The van der Waals surface area contributed by atoms with Crippen LogP contribution in [0.5, 0.6) is 0 Å². The number of nitrogens with two attached hydrogens (primary N) is 1. The quantitative estimate of drug-likeness (QED) is 0.479. The third-order valence-corrected chi connectivity index (χ3v) is 2.06. The molecular formula is C8H15NO2. The van der Waals surface area contributed by atoms with Gasteiger partial charge in [0.1, 0.15) is 0 Å². The molecule has 0 heterocycles. The Bertz CT molecular complexity index is 147. The number of allylic oxidation sites excluding steroid dienone is 1. The number of aliphatic hydroxyl groups excluding tert-OH is 2. The lowest BCUT2D eigenvalue weighted by molar-refractivity contribution is 0.0282. The van der Waals surface area contributed by atoms with Crippen LogP contribution in [-0.4, -0.2) is 29.0 Å². The van der Waals surface area contributed by atoms with Gasteiger partial charge in [-0.3, -0.25) is 0 Å². The summed E-state index contributed by atoms with van der Waals surface area (Å²) in [5.41, 5.74) is 5.36. The average molecular weight is 157 g/mol. The van der Waals surface area contributed by atoms with Crippen LogP contribution in [0.1, 0.15) is 12.8 Å². The summed E-state index contributed by atoms with van der Waals surface area (Å²) >= 11 is 0. The van der Waals surface area contributed by atoms with Gasteiger partial charge in [0.2, 0.25) is 0 Å². The van der Waals surface area contributed by atoms with Crippen LogP contribution in [0.15, 0.2) is 12.2 Å². The van der Waals surface area contributed by atoms with Gasteiger partial charge in [-0.25, -0.2) is 0 Å². The molecule has 3 unspecified atom stereocenters. The fourth-order valence-electron chi connectivity index (χ4n) is 1.36. The van der Waals surface area contributed by atoms with Crippen molar-refractivity contribution in [2.24, 2.45) is 11.7 Å². The van der Waals surface area contributed by atoms with Crippen LogP contribution in [0.25, 0.3) is 0 Å². The van der Waals surface area contributed by atoms with Gasteiger partial charge in [-0.1, -0.05) is 12.2 Å². The fraction of sp³-hybridized carbons (Fsp3) is 0.750. The molecule has 0 saturated heterocycles. The molecule has 0 aliphatic heterocycles. The molecule has 0 amide bonds. The zero-order valence-corrected chi connectivity index (χ0v) is 6.48. The van der Waals surface area contributed by atoms with Crippen molar-refractivity contribution in [3.05, 3.63) is 12.2 Å². The molecule has 0 aromatic carbocycles. The Kier molecular flexibility index (Phi) is 3.05. The molecule has 0 bridgehead atoms. The van der Waals surface area contributed by atoms with E-state index in [0.717, 1.165) is 6.42 Å². The van der Waals surface area contributed by atoms with E-state index in [1.165, 1.54) is 0 Å². The highest BCUT2D eigenvalue weighted by Crippen LogP contribution is 2.20. The fourth-order valence-corrected chi connectivity index (χ4v) is 1.36. The maximum atomic E-state index is 9.23. The van der Waals surface area contributed by atoms with Crippen molar-refractivity contribution in [1.29, 1.82) is 0 Å². The van der Waals surface area contributed by atoms with Crippen LogP contribution in [-0.2, 0) is 0 Å². The summed E-state index contributed by atoms with van der Waals surface area (Å²) in [5.74, 6) is 0.346. The van der Waals surface area contributed by atoms with Gasteiger partial charge in [0.05, 0.1) is 12.2 Å². The number of aliphatic hydroxyl groups is 2. The van der Waals surface area contributed by atoms with Gasteiger partial charge in [-0.05, 0) is 25.3 Å². The number of hydrogen-bond acceptors (Lipinski definition) is 3. The summed E-state index contributed by atoms with van der Waals surface area (Å²) < 4.78 is 0. The third kappa shape index (κ3) is 2.29. The Balaban J connectivity index is 2.43. The van der Waals surface area contributed by atoms with Crippen molar-refractivity contribution in [2.45, 2.75) is 25.0 Å². The Morgan fingerprint density at radius 1 is 1.36 bits per heavy atom. The van der Waals surface area contributed by atoms with E-state index in [1.54, 1.807) is 6.08 Å². The SMILES string of the molecule is NCCC1C=CC(O)C(O)C1. The molecule has 0 spiro atoms. The summed E-state index contributed by atoms with van der Waals surface area (Å²) in [6, 6.07) is 0. The van der Waals surface area contributed by atoms with E-state index < -0.39 is 12.2 Å². The van der Waals surface area contributed by atoms with Crippen LogP contribution in [0.4, 0.5) is 0 Å². The minimum atomic E-state index is -0.677. The second-order valence-electron chi connectivity index (χ2n) is 3.02. The zero-order valence-electron chi connectivity index (χ0n) is 6.48. The smallest absolute Gasteiger partial charge is 0.0980 e. The third-order valence-electron chi connectivity index (χ3n) is 2.06.